The van der Waals surface area contributed by atoms with Crippen molar-refractivity contribution in [2.75, 3.05) is 20.8 Å². The molecule has 0 aromatic heterocycles. The first-order chi connectivity index (χ1) is 6.11. The second-order valence-electron chi connectivity index (χ2n) is 3.29. The van der Waals surface area contributed by atoms with Gasteiger partial charge in [0.1, 0.15) is 0 Å². The molecule has 0 aromatic carbocycles. The topological polar surface area (TPSA) is 58.7 Å². The van der Waals surface area contributed by atoms with Crippen molar-refractivity contribution in [3.63, 3.8) is 0 Å². The largest absolute Gasteiger partial charge is 0.514 e. The van der Waals surface area contributed by atoms with Gasteiger partial charge in [-0.15, -0.1) is 0 Å². The Bertz CT molecular complexity index is 149. The van der Waals surface area contributed by atoms with E-state index in [9.17, 15) is 0 Å². The Morgan fingerprint density at radius 3 is 2.62 bits per heavy atom. The summed E-state index contributed by atoms with van der Waals surface area (Å²) in [6.07, 6.45) is 3.46. The van der Waals surface area contributed by atoms with E-state index in [0.29, 0.717) is 6.61 Å². The number of rotatable bonds is 6. The molecule has 0 aliphatic carbocycles. The van der Waals surface area contributed by atoms with E-state index in [2.05, 4.69) is 0 Å². The Balaban J connectivity index is 4.05. The minimum absolute atomic E-state index is 0.134. The molecule has 13 heavy (non-hydrogen) atoms. The van der Waals surface area contributed by atoms with Gasteiger partial charge in [-0.05, 0) is 13.3 Å². The quantitative estimate of drug-likeness (QED) is 0.602. The van der Waals surface area contributed by atoms with Crippen LogP contribution in [0.2, 0.25) is 0 Å². The van der Waals surface area contributed by atoms with Crippen LogP contribution in [0.3, 0.4) is 0 Å². The monoisotopic (exact) mass is 188 g/mol. The van der Waals surface area contributed by atoms with E-state index in [1.165, 1.54) is 0 Å². The van der Waals surface area contributed by atoms with E-state index in [1.807, 2.05) is 18.9 Å². The molecular weight excluding hydrogens is 168 g/mol. The van der Waals surface area contributed by atoms with Crippen LogP contribution in [-0.4, -0.2) is 42.9 Å². The molecule has 0 amide bonds. The molecule has 4 nitrogen and oxygen atoms in total. The number of hydrogen-bond acceptors (Lipinski definition) is 4. The number of methoxy groups -OCH3 is 1. The average molecular weight is 188 g/mol. The molecule has 2 atom stereocenters. The van der Waals surface area contributed by atoms with Crippen molar-refractivity contribution < 1.29 is 9.84 Å². The van der Waals surface area contributed by atoms with Crippen LogP contribution in [0.1, 0.15) is 13.3 Å². The first kappa shape index (κ1) is 12.3. The minimum atomic E-state index is 0.134. The maximum atomic E-state index is 8.59. The highest BCUT2D eigenvalue weighted by Gasteiger charge is 2.13. The smallest absolute Gasteiger partial charge is 0.0950 e. The molecule has 0 aromatic rings. The van der Waals surface area contributed by atoms with Crippen molar-refractivity contribution in [3.8, 4) is 0 Å². The standard InChI is InChI=1S/C9H20N2O2/c1-8(10)6-9(7-13-3)11(2)4-5-12/h4-5,8-9,12H,6-7,10H2,1-3H3/b5-4-/t8-,9?/m1/s1. The van der Waals surface area contributed by atoms with Gasteiger partial charge in [0.2, 0.25) is 0 Å². The van der Waals surface area contributed by atoms with Crippen molar-refractivity contribution in [1.29, 1.82) is 0 Å². The summed E-state index contributed by atoms with van der Waals surface area (Å²) in [7, 11) is 3.55. The van der Waals surface area contributed by atoms with Gasteiger partial charge in [0.25, 0.3) is 0 Å². The van der Waals surface area contributed by atoms with E-state index < -0.39 is 0 Å². The van der Waals surface area contributed by atoms with Crippen LogP contribution in [0.15, 0.2) is 12.5 Å². The Labute approximate surface area is 80.0 Å². The molecule has 0 fully saturated rings. The van der Waals surface area contributed by atoms with Gasteiger partial charge in [0, 0.05) is 26.4 Å². The van der Waals surface area contributed by atoms with E-state index in [1.54, 1.807) is 13.3 Å². The van der Waals surface area contributed by atoms with Crippen LogP contribution in [0.5, 0.6) is 0 Å². The third-order valence-corrected chi connectivity index (χ3v) is 1.88. The zero-order valence-electron chi connectivity index (χ0n) is 8.60. The van der Waals surface area contributed by atoms with Crippen molar-refractivity contribution in [3.05, 3.63) is 12.5 Å². The molecule has 0 bridgehead atoms. The summed E-state index contributed by atoms with van der Waals surface area (Å²) >= 11 is 0. The van der Waals surface area contributed by atoms with Crippen LogP contribution >= 0.6 is 0 Å². The van der Waals surface area contributed by atoms with Gasteiger partial charge in [-0.3, -0.25) is 0 Å². The summed E-state index contributed by atoms with van der Waals surface area (Å²) in [6, 6.07) is 0.350. The summed E-state index contributed by atoms with van der Waals surface area (Å²) in [5, 5.41) is 8.59. The maximum Gasteiger partial charge on any atom is 0.0950 e. The number of aliphatic hydroxyl groups excluding tert-OH is 1. The molecule has 1 unspecified atom stereocenters. The first-order valence-corrected chi connectivity index (χ1v) is 4.39. The van der Waals surface area contributed by atoms with Crippen LogP contribution in [0.4, 0.5) is 0 Å². The molecule has 0 aliphatic rings. The predicted octanol–water partition coefficient (Wildman–Crippen LogP) is 0.700. The van der Waals surface area contributed by atoms with Crippen LogP contribution in [0.25, 0.3) is 0 Å². The van der Waals surface area contributed by atoms with E-state index in [-0.39, 0.29) is 12.1 Å². The normalized spacial score (nSPS) is 16.0. The molecule has 0 spiro atoms. The second kappa shape index (κ2) is 6.74. The maximum absolute atomic E-state index is 8.59. The second-order valence-corrected chi connectivity index (χ2v) is 3.29. The number of ether oxygens (including phenoxy) is 1. The summed E-state index contributed by atoms with van der Waals surface area (Å²) in [4.78, 5) is 1.90. The van der Waals surface area contributed by atoms with E-state index in [4.69, 9.17) is 15.6 Å². The molecule has 0 saturated heterocycles. The fraction of sp³-hybridized carbons (Fsp3) is 0.778. The fourth-order valence-corrected chi connectivity index (χ4v) is 1.20. The van der Waals surface area contributed by atoms with Gasteiger partial charge in [-0.2, -0.15) is 0 Å². The third-order valence-electron chi connectivity index (χ3n) is 1.88. The van der Waals surface area contributed by atoms with Gasteiger partial charge >= 0.3 is 0 Å². The molecular formula is C9H20N2O2. The van der Waals surface area contributed by atoms with Gasteiger partial charge in [-0.1, -0.05) is 0 Å². The average Bonchev–Trinajstić information content (AvgIpc) is 2.03. The van der Waals surface area contributed by atoms with Crippen molar-refractivity contribution in [1.82, 2.24) is 4.90 Å². The highest BCUT2D eigenvalue weighted by atomic mass is 16.5. The summed E-state index contributed by atoms with van der Waals surface area (Å²) in [5.41, 5.74) is 5.69. The van der Waals surface area contributed by atoms with Gasteiger partial charge in [-0.25, -0.2) is 0 Å². The van der Waals surface area contributed by atoms with Gasteiger partial charge in [0.05, 0.1) is 18.9 Å². The molecule has 78 valence electrons. The van der Waals surface area contributed by atoms with E-state index in [0.717, 1.165) is 12.7 Å². The molecule has 3 N–H and O–H groups in total. The van der Waals surface area contributed by atoms with Gasteiger partial charge < -0.3 is 20.5 Å². The number of aliphatic hydroxyl groups is 1. The highest BCUT2D eigenvalue weighted by Crippen LogP contribution is 2.05. The molecule has 0 aliphatic heterocycles. The zero-order chi connectivity index (χ0) is 10.3. The van der Waals surface area contributed by atoms with Crippen LogP contribution in [0, 0.1) is 0 Å². The zero-order valence-corrected chi connectivity index (χ0v) is 8.60. The lowest BCUT2D eigenvalue weighted by molar-refractivity contribution is 0.120. The SMILES string of the molecule is COCC(C[C@@H](C)N)N(C)/C=C\O. The molecule has 0 saturated carbocycles. The van der Waals surface area contributed by atoms with Crippen molar-refractivity contribution >= 4 is 0 Å². The Morgan fingerprint density at radius 2 is 2.23 bits per heavy atom. The molecule has 0 heterocycles. The number of nitrogens with two attached hydrogens (primary N) is 1. The lowest BCUT2D eigenvalue weighted by Crippen LogP contribution is -2.36. The lowest BCUT2D eigenvalue weighted by atomic mass is 10.1. The van der Waals surface area contributed by atoms with Crippen LogP contribution in [-0.2, 0) is 4.74 Å². The Hall–Kier alpha value is -0.740. The Morgan fingerprint density at radius 1 is 1.62 bits per heavy atom. The number of likely N-dealkylation sites (N-methyl/N-ethyl adjacent to an activating group) is 1. The first-order valence-electron chi connectivity index (χ1n) is 4.39. The summed E-state index contributed by atoms with van der Waals surface area (Å²) in [5.74, 6) is 0. The predicted molar refractivity (Wildman–Crippen MR) is 53.5 cm³/mol. The van der Waals surface area contributed by atoms with Gasteiger partial charge in [0.15, 0.2) is 0 Å². The third kappa shape index (κ3) is 5.49. The number of nitrogens with zero attached hydrogens (tertiary/aromatic N) is 1. The Kier molecular flexibility index (Phi) is 6.36. The fourth-order valence-electron chi connectivity index (χ4n) is 1.20. The molecule has 4 heteroatoms. The van der Waals surface area contributed by atoms with Crippen molar-refractivity contribution in [2.45, 2.75) is 25.4 Å². The molecule has 0 radical (unpaired) electrons. The van der Waals surface area contributed by atoms with E-state index >= 15 is 0 Å². The molecule has 0 rings (SSSR count). The minimum Gasteiger partial charge on any atom is -0.514 e. The van der Waals surface area contributed by atoms with Crippen molar-refractivity contribution in [2.24, 2.45) is 5.73 Å². The lowest BCUT2D eigenvalue weighted by Gasteiger charge is -2.27. The summed E-state index contributed by atoms with van der Waals surface area (Å²) in [6.45, 7) is 2.57. The van der Waals surface area contributed by atoms with Crippen LogP contribution < -0.4 is 5.73 Å². The summed E-state index contributed by atoms with van der Waals surface area (Å²) < 4.78 is 5.06. The highest BCUT2D eigenvalue weighted by molar-refractivity contribution is 4.80. The number of hydrogen-bond donors (Lipinski definition) is 2.